The number of carbonyl (C=O) groups is 2. The summed E-state index contributed by atoms with van der Waals surface area (Å²) in [6.07, 6.45) is 5.68. The molecule has 1 aromatic heterocycles. The molecule has 7 nitrogen and oxygen atoms in total. The molecular weight excluding hydrogens is 533 g/mol. The van der Waals surface area contributed by atoms with E-state index in [1.54, 1.807) is 37.4 Å². The van der Waals surface area contributed by atoms with Crippen LogP contribution < -0.4 is 9.47 Å². The van der Waals surface area contributed by atoms with Gasteiger partial charge in [-0.15, -0.1) is 0 Å². The molecule has 8 heteroatoms. The van der Waals surface area contributed by atoms with Gasteiger partial charge < -0.3 is 19.3 Å². The number of benzene rings is 3. The van der Waals surface area contributed by atoms with E-state index in [2.05, 4.69) is 0 Å². The zero-order valence-corrected chi connectivity index (χ0v) is 24.0. The van der Waals surface area contributed by atoms with E-state index in [0.29, 0.717) is 29.8 Å². The molecular formula is C34H34FN3O4. The number of aromatic nitrogens is 1. The molecule has 2 aliphatic rings. The van der Waals surface area contributed by atoms with Crippen molar-refractivity contribution < 1.29 is 23.5 Å². The fraction of sp³-hybridized carbons (Fsp3) is 0.324. The van der Waals surface area contributed by atoms with Crippen LogP contribution in [0.4, 0.5) is 4.39 Å². The van der Waals surface area contributed by atoms with Crippen LogP contribution in [0.2, 0.25) is 0 Å². The predicted octanol–water partition coefficient (Wildman–Crippen LogP) is 5.69. The number of hydrogen-bond acceptors (Lipinski definition) is 5. The normalized spacial score (nSPS) is 14.8. The summed E-state index contributed by atoms with van der Waals surface area (Å²) >= 11 is 0. The molecule has 2 amide bonds. The lowest BCUT2D eigenvalue weighted by Gasteiger charge is -2.27. The molecule has 0 atom stereocenters. The molecule has 216 valence electrons. The molecule has 1 fully saturated rings. The van der Waals surface area contributed by atoms with Crippen LogP contribution in [0.15, 0.2) is 60.8 Å². The minimum absolute atomic E-state index is 0.0658. The van der Waals surface area contributed by atoms with Crippen LogP contribution in [0, 0.1) is 5.82 Å². The first kappa shape index (κ1) is 27.7. The molecule has 4 aromatic rings. The maximum absolute atomic E-state index is 13.6. The smallest absolute Gasteiger partial charge is 0.258 e. The van der Waals surface area contributed by atoms with Crippen molar-refractivity contribution in [2.45, 2.75) is 45.3 Å². The second-order valence-corrected chi connectivity index (χ2v) is 11.1. The van der Waals surface area contributed by atoms with Crippen molar-refractivity contribution in [1.29, 1.82) is 0 Å². The Morgan fingerprint density at radius 3 is 2.40 bits per heavy atom. The van der Waals surface area contributed by atoms with Crippen LogP contribution in [0.1, 0.15) is 57.4 Å². The second kappa shape index (κ2) is 11.8. The van der Waals surface area contributed by atoms with E-state index in [-0.39, 0.29) is 30.7 Å². The molecule has 6 rings (SSSR count). The fourth-order valence-corrected chi connectivity index (χ4v) is 5.95. The van der Waals surface area contributed by atoms with Gasteiger partial charge in [0, 0.05) is 38.3 Å². The van der Waals surface area contributed by atoms with Crippen molar-refractivity contribution >= 4 is 22.7 Å². The summed E-state index contributed by atoms with van der Waals surface area (Å²) in [5.74, 6) is 0.834. The number of piperidine rings is 1. The summed E-state index contributed by atoms with van der Waals surface area (Å²) in [5.41, 5.74) is 5.52. The Hall–Kier alpha value is -4.46. The number of ether oxygens (including phenoxy) is 2. The number of amides is 2. The summed E-state index contributed by atoms with van der Waals surface area (Å²) in [7, 11) is 3.39. The van der Waals surface area contributed by atoms with Crippen molar-refractivity contribution in [3.05, 3.63) is 100.0 Å². The maximum atomic E-state index is 13.6. The van der Waals surface area contributed by atoms with Gasteiger partial charge in [0.2, 0.25) is 5.91 Å². The summed E-state index contributed by atoms with van der Waals surface area (Å²) in [6.45, 7) is 2.16. The number of nitrogens with zero attached hydrogens (tertiary/aromatic N) is 3. The minimum Gasteiger partial charge on any atom is -0.497 e. The van der Waals surface area contributed by atoms with Gasteiger partial charge >= 0.3 is 0 Å². The Labute approximate surface area is 244 Å². The van der Waals surface area contributed by atoms with Crippen molar-refractivity contribution in [1.82, 2.24) is 14.8 Å². The first-order chi connectivity index (χ1) is 20.4. The lowest BCUT2D eigenvalue weighted by atomic mass is 9.92. The highest BCUT2D eigenvalue weighted by atomic mass is 19.1. The number of hydrogen-bond donors (Lipinski definition) is 0. The van der Waals surface area contributed by atoms with Crippen molar-refractivity contribution in [2.75, 3.05) is 27.2 Å². The molecule has 3 aromatic carbocycles. The molecule has 0 saturated carbocycles. The van der Waals surface area contributed by atoms with Gasteiger partial charge in [-0.1, -0.05) is 24.3 Å². The van der Waals surface area contributed by atoms with Crippen LogP contribution >= 0.6 is 0 Å². The van der Waals surface area contributed by atoms with Gasteiger partial charge in [0.15, 0.2) is 5.75 Å². The van der Waals surface area contributed by atoms with Gasteiger partial charge in [-0.05, 0) is 83.8 Å². The van der Waals surface area contributed by atoms with E-state index in [9.17, 15) is 14.0 Å². The fourth-order valence-electron chi connectivity index (χ4n) is 5.95. The van der Waals surface area contributed by atoms with Crippen molar-refractivity contribution in [3.63, 3.8) is 0 Å². The van der Waals surface area contributed by atoms with Crippen molar-refractivity contribution in [2.24, 2.45) is 0 Å². The summed E-state index contributed by atoms with van der Waals surface area (Å²) in [6, 6.07) is 16.1. The van der Waals surface area contributed by atoms with Gasteiger partial charge in [0.1, 0.15) is 23.7 Å². The molecule has 0 spiro atoms. The third-order valence-electron chi connectivity index (χ3n) is 8.23. The molecule has 0 aliphatic carbocycles. The van der Waals surface area contributed by atoms with Gasteiger partial charge in [0.25, 0.3) is 5.91 Å². The number of fused-ring (bicyclic) bond motifs is 2. The number of pyridine rings is 1. The summed E-state index contributed by atoms with van der Waals surface area (Å²) in [4.78, 5) is 35.5. The quantitative estimate of drug-likeness (QED) is 0.274. The summed E-state index contributed by atoms with van der Waals surface area (Å²) in [5, 5.41) is 0.812. The number of rotatable bonds is 8. The molecule has 0 N–H and O–H groups in total. The van der Waals surface area contributed by atoms with Crippen LogP contribution in [0.25, 0.3) is 10.9 Å². The monoisotopic (exact) mass is 567 g/mol. The minimum atomic E-state index is -0.281. The first-order valence-corrected chi connectivity index (χ1v) is 14.4. The number of likely N-dealkylation sites (tertiary alicyclic amines) is 1. The molecule has 0 unspecified atom stereocenters. The Morgan fingerprint density at radius 2 is 1.69 bits per heavy atom. The lowest BCUT2D eigenvalue weighted by molar-refractivity contribution is -0.131. The van der Waals surface area contributed by atoms with E-state index in [4.69, 9.17) is 14.5 Å². The third-order valence-corrected chi connectivity index (χ3v) is 8.23. The van der Waals surface area contributed by atoms with Crippen LogP contribution in [0.5, 0.6) is 11.5 Å². The Kier molecular flexibility index (Phi) is 7.78. The van der Waals surface area contributed by atoms with Crippen molar-refractivity contribution in [3.8, 4) is 11.5 Å². The molecule has 2 aliphatic heterocycles. The maximum Gasteiger partial charge on any atom is 0.258 e. The average molecular weight is 568 g/mol. The van der Waals surface area contributed by atoms with Gasteiger partial charge in [-0.25, -0.2) is 4.39 Å². The summed E-state index contributed by atoms with van der Waals surface area (Å²) < 4.78 is 25.2. The molecule has 1 saturated heterocycles. The van der Waals surface area contributed by atoms with Crippen LogP contribution in [-0.4, -0.2) is 53.8 Å². The predicted molar refractivity (Wildman–Crippen MR) is 158 cm³/mol. The zero-order chi connectivity index (χ0) is 29.2. The average Bonchev–Trinajstić information content (AvgIpc) is 3.32. The van der Waals surface area contributed by atoms with Crippen LogP contribution in [0.3, 0.4) is 0 Å². The van der Waals surface area contributed by atoms with Gasteiger partial charge in [-0.2, -0.15) is 0 Å². The highest BCUT2D eigenvalue weighted by Crippen LogP contribution is 2.41. The van der Waals surface area contributed by atoms with Crippen LogP contribution in [-0.2, 0) is 30.8 Å². The highest BCUT2D eigenvalue weighted by Gasteiger charge is 2.35. The van der Waals surface area contributed by atoms with Gasteiger partial charge in [0.05, 0.1) is 19.1 Å². The second-order valence-electron chi connectivity index (χ2n) is 11.1. The molecule has 3 heterocycles. The Balaban J connectivity index is 1.45. The largest absolute Gasteiger partial charge is 0.497 e. The molecule has 0 bridgehead atoms. The number of methoxy groups -OCH3 is 1. The molecule has 0 radical (unpaired) electrons. The Bertz CT molecular complexity index is 1630. The Morgan fingerprint density at radius 1 is 0.976 bits per heavy atom. The van der Waals surface area contributed by atoms with Gasteiger partial charge in [-0.3, -0.25) is 14.6 Å². The molecule has 42 heavy (non-hydrogen) atoms. The highest BCUT2D eigenvalue weighted by molar-refractivity contribution is 6.08. The number of halogens is 1. The van der Waals surface area contributed by atoms with E-state index >= 15 is 0 Å². The van der Waals surface area contributed by atoms with E-state index in [0.717, 1.165) is 71.3 Å². The lowest BCUT2D eigenvalue weighted by Crippen LogP contribution is -2.36. The van der Waals surface area contributed by atoms with E-state index < -0.39 is 0 Å². The SMILES string of the molecule is COc1ccc(COc2c3c(c(CC(=O)N4CCCCC4)c4cc(Cc5ccc(F)cc5)cnc24)CN(C)C3=O)cc1. The third kappa shape index (κ3) is 5.53. The zero-order valence-electron chi connectivity index (χ0n) is 24.0. The number of carbonyl (C=O) groups excluding carboxylic acids is 2. The first-order valence-electron chi connectivity index (χ1n) is 14.4. The standard InChI is InChI=1S/C34H34FN3O4/c1-37-20-29-27(18-30(39)38-14-4-3-5-15-38)28-17-24(16-22-6-10-25(35)11-7-22)19-36-32(28)33(31(29)34(37)40)42-21-23-8-12-26(41-2)13-9-23/h6-13,17,19H,3-5,14-16,18,20-21H2,1-2H3. The van der Waals surface area contributed by atoms with E-state index in [1.807, 2.05) is 35.2 Å². The van der Waals surface area contributed by atoms with E-state index in [1.165, 1.54) is 12.1 Å². The topological polar surface area (TPSA) is 72.0 Å².